The number of benzene rings is 2. The van der Waals surface area contributed by atoms with E-state index in [1.807, 2.05) is 24.3 Å². The highest BCUT2D eigenvalue weighted by Gasteiger charge is 2.04. The van der Waals surface area contributed by atoms with Crippen molar-refractivity contribution in [1.82, 2.24) is 5.32 Å². The van der Waals surface area contributed by atoms with Crippen LogP contribution in [0.5, 0.6) is 5.75 Å². The summed E-state index contributed by atoms with van der Waals surface area (Å²) in [4.78, 5) is 2.37. The molecule has 144 valence electrons. The van der Waals surface area contributed by atoms with Crippen molar-refractivity contribution in [3.05, 3.63) is 66.7 Å². The number of thiocarbonyl (C=S) groups is 1. The van der Waals surface area contributed by atoms with Crippen LogP contribution in [-0.4, -0.2) is 31.4 Å². The summed E-state index contributed by atoms with van der Waals surface area (Å²) < 4.78 is 5.54. The summed E-state index contributed by atoms with van der Waals surface area (Å²) in [6, 6.07) is 16.4. The summed E-state index contributed by atoms with van der Waals surface area (Å²) in [7, 11) is 0. The van der Waals surface area contributed by atoms with E-state index in [0.29, 0.717) is 11.7 Å². The van der Waals surface area contributed by atoms with Crippen molar-refractivity contribution >= 4 is 28.7 Å². The molecule has 2 N–H and O–H groups in total. The Morgan fingerprint density at radius 2 is 2.00 bits per heavy atom. The lowest BCUT2D eigenvalue weighted by atomic mass is 10.2. The summed E-state index contributed by atoms with van der Waals surface area (Å²) in [5.74, 6) is 0.791. The van der Waals surface area contributed by atoms with Gasteiger partial charge < -0.3 is 20.3 Å². The van der Waals surface area contributed by atoms with Crippen LogP contribution in [0.4, 0.5) is 11.4 Å². The molecule has 0 heterocycles. The predicted molar refractivity (Wildman–Crippen MR) is 120 cm³/mol. The Kier molecular flexibility index (Phi) is 8.65. The fraction of sp³-hybridized carbons (Fsp3) is 0.318. The fourth-order valence-corrected chi connectivity index (χ4v) is 2.91. The molecule has 0 aliphatic heterocycles. The Bertz CT molecular complexity index is 731. The molecule has 27 heavy (non-hydrogen) atoms. The minimum atomic E-state index is 0.487. The molecular formula is C22H29N3OS. The number of ether oxygens (including phenoxy) is 1. The molecule has 0 saturated heterocycles. The van der Waals surface area contributed by atoms with Crippen molar-refractivity contribution in [3.63, 3.8) is 0 Å². The highest BCUT2D eigenvalue weighted by Crippen LogP contribution is 2.17. The predicted octanol–water partition coefficient (Wildman–Crippen LogP) is 4.76. The summed E-state index contributed by atoms with van der Waals surface area (Å²) in [6.07, 6.45) is 2.73. The van der Waals surface area contributed by atoms with Gasteiger partial charge in [0.2, 0.25) is 0 Å². The number of nitrogens with zero attached hydrogens (tertiary/aromatic N) is 1. The van der Waals surface area contributed by atoms with Gasteiger partial charge in [-0.15, -0.1) is 0 Å². The lowest BCUT2D eigenvalue weighted by Gasteiger charge is -2.23. The second-order valence-electron chi connectivity index (χ2n) is 6.28. The van der Waals surface area contributed by atoms with Crippen LogP contribution in [0.25, 0.3) is 0 Å². The molecule has 0 radical (unpaired) electrons. The molecule has 4 nitrogen and oxygen atoms in total. The number of hydrogen-bond acceptors (Lipinski definition) is 3. The van der Waals surface area contributed by atoms with Gasteiger partial charge in [0.15, 0.2) is 5.11 Å². The number of anilines is 2. The number of hydrogen-bond donors (Lipinski definition) is 2. The molecule has 0 aromatic heterocycles. The largest absolute Gasteiger partial charge is 0.489 e. The normalized spacial score (nSPS) is 10.1. The molecule has 0 aliphatic carbocycles. The van der Waals surface area contributed by atoms with E-state index in [9.17, 15) is 0 Å². The maximum atomic E-state index is 5.54. The maximum absolute atomic E-state index is 5.54. The molecule has 0 fully saturated rings. The Labute approximate surface area is 168 Å². The number of aryl methyl sites for hydroxylation is 1. The molecule has 0 saturated carbocycles. The second kappa shape index (κ2) is 11.2. The van der Waals surface area contributed by atoms with Crippen molar-refractivity contribution in [1.29, 1.82) is 0 Å². The minimum absolute atomic E-state index is 0.487. The van der Waals surface area contributed by atoms with Gasteiger partial charge in [-0.2, -0.15) is 0 Å². The molecule has 2 aromatic rings. The first-order valence-electron chi connectivity index (χ1n) is 9.32. The molecule has 2 aromatic carbocycles. The van der Waals surface area contributed by atoms with Gasteiger partial charge in [-0.3, -0.25) is 0 Å². The molecule has 0 spiro atoms. The second-order valence-corrected chi connectivity index (χ2v) is 6.69. The molecule has 0 unspecified atom stereocenters. The van der Waals surface area contributed by atoms with Gasteiger partial charge in [-0.1, -0.05) is 36.4 Å². The standard InChI is InChI=1S/C22H29N3OS/c1-4-16-26-21-9-6-8-19(17-21)24-22(27)23-14-7-15-25(5-2)20-12-10-18(3)11-13-20/h4,6,8-13,17H,1,5,7,14-16H2,2-3H3,(H2,23,24,27). The summed E-state index contributed by atoms with van der Waals surface area (Å²) in [5, 5.41) is 7.09. The molecule has 0 amide bonds. The van der Waals surface area contributed by atoms with Crippen molar-refractivity contribution in [3.8, 4) is 5.75 Å². The first-order chi connectivity index (χ1) is 13.1. The summed E-state index contributed by atoms with van der Waals surface area (Å²) in [5.41, 5.74) is 3.45. The number of nitrogens with one attached hydrogen (secondary N) is 2. The first-order valence-corrected chi connectivity index (χ1v) is 9.73. The lowest BCUT2D eigenvalue weighted by Crippen LogP contribution is -2.32. The summed E-state index contributed by atoms with van der Waals surface area (Å²) >= 11 is 5.39. The van der Waals surface area contributed by atoms with E-state index in [1.165, 1.54) is 11.3 Å². The SMILES string of the molecule is C=CCOc1cccc(NC(=S)NCCCN(CC)c2ccc(C)cc2)c1. The van der Waals surface area contributed by atoms with Crippen molar-refractivity contribution in [2.75, 3.05) is 36.5 Å². The first kappa shape index (κ1) is 20.8. The average molecular weight is 384 g/mol. The molecule has 2 rings (SSSR count). The van der Waals surface area contributed by atoms with E-state index in [4.69, 9.17) is 17.0 Å². The van der Waals surface area contributed by atoms with E-state index >= 15 is 0 Å². The Hall–Kier alpha value is -2.53. The zero-order valence-electron chi connectivity index (χ0n) is 16.2. The van der Waals surface area contributed by atoms with Crippen molar-refractivity contribution in [2.45, 2.75) is 20.3 Å². The zero-order chi connectivity index (χ0) is 19.5. The van der Waals surface area contributed by atoms with Crippen LogP contribution in [0.2, 0.25) is 0 Å². The topological polar surface area (TPSA) is 36.5 Å². The van der Waals surface area contributed by atoms with Gasteiger partial charge in [0.05, 0.1) is 0 Å². The van der Waals surface area contributed by atoms with Crippen LogP contribution in [0.15, 0.2) is 61.2 Å². The smallest absolute Gasteiger partial charge is 0.170 e. The molecular weight excluding hydrogens is 354 g/mol. The van der Waals surface area contributed by atoms with Crippen LogP contribution in [0.3, 0.4) is 0 Å². The zero-order valence-corrected chi connectivity index (χ0v) is 17.0. The average Bonchev–Trinajstić information content (AvgIpc) is 2.68. The Morgan fingerprint density at radius 3 is 2.70 bits per heavy atom. The van der Waals surface area contributed by atoms with E-state index < -0.39 is 0 Å². The van der Waals surface area contributed by atoms with Gasteiger partial charge in [0.1, 0.15) is 12.4 Å². The van der Waals surface area contributed by atoms with Crippen LogP contribution >= 0.6 is 12.2 Å². The monoisotopic (exact) mass is 383 g/mol. The van der Waals surface area contributed by atoms with Gasteiger partial charge in [-0.05, 0) is 56.8 Å². The van der Waals surface area contributed by atoms with Crippen LogP contribution < -0.4 is 20.3 Å². The Balaban J connectivity index is 1.74. The number of rotatable bonds is 10. The van der Waals surface area contributed by atoms with Crippen molar-refractivity contribution < 1.29 is 4.74 Å². The molecule has 0 atom stereocenters. The van der Waals surface area contributed by atoms with E-state index in [0.717, 1.165) is 37.5 Å². The highest BCUT2D eigenvalue weighted by atomic mass is 32.1. The third-order valence-corrected chi connectivity index (χ3v) is 4.38. The van der Waals surface area contributed by atoms with Crippen molar-refractivity contribution in [2.24, 2.45) is 0 Å². The molecule has 0 aliphatic rings. The highest BCUT2D eigenvalue weighted by molar-refractivity contribution is 7.80. The Morgan fingerprint density at radius 1 is 1.22 bits per heavy atom. The maximum Gasteiger partial charge on any atom is 0.170 e. The van der Waals surface area contributed by atoms with E-state index in [1.54, 1.807) is 6.08 Å². The fourth-order valence-electron chi connectivity index (χ4n) is 2.69. The van der Waals surface area contributed by atoms with E-state index in [-0.39, 0.29) is 0 Å². The van der Waals surface area contributed by atoms with E-state index in [2.05, 4.69) is 60.2 Å². The van der Waals surface area contributed by atoms with Gasteiger partial charge in [-0.25, -0.2) is 0 Å². The van der Waals surface area contributed by atoms with Crippen LogP contribution in [-0.2, 0) is 0 Å². The van der Waals surface area contributed by atoms with Crippen LogP contribution in [0, 0.1) is 6.92 Å². The summed E-state index contributed by atoms with van der Waals surface area (Å²) in [6.45, 7) is 11.2. The van der Waals surface area contributed by atoms with Gasteiger partial charge in [0, 0.05) is 37.1 Å². The molecule has 5 heteroatoms. The lowest BCUT2D eigenvalue weighted by molar-refractivity contribution is 0.363. The third-order valence-electron chi connectivity index (χ3n) is 4.13. The minimum Gasteiger partial charge on any atom is -0.489 e. The molecule has 0 bridgehead atoms. The third kappa shape index (κ3) is 7.31. The quantitative estimate of drug-likeness (QED) is 0.351. The van der Waals surface area contributed by atoms with Gasteiger partial charge >= 0.3 is 0 Å². The van der Waals surface area contributed by atoms with Gasteiger partial charge in [0.25, 0.3) is 0 Å². The van der Waals surface area contributed by atoms with Crippen LogP contribution in [0.1, 0.15) is 18.9 Å².